The highest BCUT2D eigenvalue weighted by atomic mass is 32.2. The predicted octanol–water partition coefficient (Wildman–Crippen LogP) is 4.14. The Hall–Kier alpha value is -0.580. The maximum Gasteiger partial charge on any atom is 0.203 e. The lowest BCUT2D eigenvalue weighted by Crippen LogP contribution is -1.96. The third-order valence-corrected chi connectivity index (χ3v) is 5.95. The third-order valence-electron chi connectivity index (χ3n) is 2.84. The van der Waals surface area contributed by atoms with Gasteiger partial charge < -0.3 is 0 Å². The van der Waals surface area contributed by atoms with E-state index in [4.69, 9.17) is 0 Å². The quantitative estimate of drug-likeness (QED) is 0.769. The SMILES string of the molecule is Cc1cc(C(=O)c2cc3c(s2)CCSC3)cs1. The van der Waals surface area contributed by atoms with Crippen LogP contribution in [0.2, 0.25) is 0 Å². The van der Waals surface area contributed by atoms with Crippen molar-refractivity contribution in [2.45, 2.75) is 19.1 Å². The molecule has 3 heterocycles. The molecule has 0 spiro atoms. The summed E-state index contributed by atoms with van der Waals surface area (Å²) in [4.78, 5) is 15.8. The Kier molecular flexibility index (Phi) is 3.11. The highest BCUT2D eigenvalue weighted by molar-refractivity contribution is 7.98. The number of thioether (sulfide) groups is 1. The second-order valence-electron chi connectivity index (χ2n) is 4.14. The average molecular weight is 280 g/mol. The van der Waals surface area contributed by atoms with Gasteiger partial charge in [0.1, 0.15) is 0 Å². The standard InChI is InChI=1S/C13H12OS3/c1-8-4-10(7-16-8)13(14)12-5-9-6-15-3-2-11(9)17-12/h4-5,7H,2-3,6H2,1H3. The maximum atomic E-state index is 12.3. The van der Waals surface area contributed by atoms with Crippen molar-refractivity contribution in [1.82, 2.24) is 0 Å². The van der Waals surface area contributed by atoms with Gasteiger partial charge in [-0.1, -0.05) is 0 Å². The molecule has 0 radical (unpaired) electrons. The molecule has 0 amide bonds. The largest absolute Gasteiger partial charge is 0.288 e. The van der Waals surface area contributed by atoms with E-state index in [1.807, 2.05) is 30.1 Å². The van der Waals surface area contributed by atoms with Crippen LogP contribution in [0.25, 0.3) is 0 Å². The molecule has 3 rings (SSSR count). The molecule has 1 aliphatic rings. The summed E-state index contributed by atoms with van der Waals surface area (Å²) in [7, 11) is 0. The Morgan fingerprint density at radius 2 is 2.24 bits per heavy atom. The summed E-state index contributed by atoms with van der Waals surface area (Å²) in [6, 6.07) is 4.09. The van der Waals surface area contributed by atoms with Gasteiger partial charge in [0.2, 0.25) is 5.78 Å². The third kappa shape index (κ3) is 2.21. The molecule has 17 heavy (non-hydrogen) atoms. The molecule has 0 saturated carbocycles. The number of thiophene rings is 2. The van der Waals surface area contributed by atoms with E-state index < -0.39 is 0 Å². The molecule has 0 bridgehead atoms. The van der Waals surface area contributed by atoms with Gasteiger partial charge in [0, 0.05) is 26.5 Å². The van der Waals surface area contributed by atoms with Gasteiger partial charge in [0.25, 0.3) is 0 Å². The van der Waals surface area contributed by atoms with Gasteiger partial charge in [-0.15, -0.1) is 22.7 Å². The van der Waals surface area contributed by atoms with E-state index in [0.29, 0.717) is 0 Å². The van der Waals surface area contributed by atoms with Crippen LogP contribution in [0.5, 0.6) is 0 Å². The Morgan fingerprint density at radius 1 is 1.35 bits per heavy atom. The van der Waals surface area contributed by atoms with Crippen LogP contribution in [0.4, 0.5) is 0 Å². The first kappa shape index (κ1) is 11.5. The number of hydrogen-bond donors (Lipinski definition) is 0. The van der Waals surface area contributed by atoms with Crippen LogP contribution in [-0.2, 0) is 12.2 Å². The zero-order chi connectivity index (χ0) is 11.8. The minimum Gasteiger partial charge on any atom is -0.288 e. The summed E-state index contributed by atoms with van der Waals surface area (Å²) in [6.07, 6.45) is 1.13. The molecule has 0 fully saturated rings. The lowest BCUT2D eigenvalue weighted by Gasteiger charge is -2.08. The van der Waals surface area contributed by atoms with Crippen LogP contribution in [0.1, 0.15) is 30.6 Å². The molecule has 88 valence electrons. The van der Waals surface area contributed by atoms with Crippen LogP contribution < -0.4 is 0 Å². The summed E-state index contributed by atoms with van der Waals surface area (Å²) in [5.41, 5.74) is 2.22. The van der Waals surface area contributed by atoms with Gasteiger partial charge in [-0.2, -0.15) is 11.8 Å². The fraction of sp³-hybridized carbons (Fsp3) is 0.308. The zero-order valence-electron chi connectivity index (χ0n) is 9.49. The van der Waals surface area contributed by atoms with Crippen molar-refractivity contribution in [3.8, 4) is 0 Å². The lowest BCUT2D eigenvalue weighted by molar-refractivity contribution is 0.104. The molecule has 0 atom stereocenters. The van der Waals surface area contributed by atoms with E-state index in [2.05, 4.69) is 6.07 Å². The van der Waals surface area contributed by atoms with Crippen molar-refractivity contribution < 1.29 is 4.79 Å². The summed E-state index contributed by atoms with van der Waals surface area (Å²) < 4.78 is 0. The van der Waals surface area contributed by atoms with Crippen LogP contribution in [0.3, 0.4) is 0 Å². The van der Waals surface area contributed by atoms with E-state index in [-0.39, 0.29) is 5.78 Å². The molecule has 0 saturated heterocycles. The van der Waals surface area contributed by atoms with Crippen molar-refractivity contribution in [1.29, 1.82) is 0 Å². The molecular formula is C13H12OS3. The van der Waals surface area contributed by atoms with Crippen molar-refractivity contribution >= 4 is 40.2 Å². The van der Waals surface area contributed by atoms with E-state index in [9.17, 15) is 4.79 Å². The fourth-order valence-corrected chi connectivity index (χ4v) is 4.98. The number of ketones is 1. The zero-order valence-corrected chi connectivity index (χ0v) is 11.9. The normalized spacial score (nSPS) is 14.6. The van der Waals surface area contributed by atoms with Crippen molar-refractivity contribution in [2.24, 2.45) is 0 Å². The van der Waals surface area contributed by atoms with Gasteiger partial charge in [-0.05, 0) is 36.8 Å². The van der Waals surface area contributed by atoms with Crippen molar-refractivity contribution in [3.05, 3.63) is 43.3 Å². The summed E-state index contributed by atoms with van der Waals surface area (Å²) in [5.74, 6) is 2.46. The topological polar surface area (TPSA) is 17.1 Å². The van der Waals surface area contributed by atoms with Gasteiger partial charge in [-0.3, -0.25) is 4.79 Å². The summed E-state index contributed by atoms with van der Waals surface area (Å²) >= 11 is 5.29. The Labute approximate surface area is 113 Å². The molecule has 0 aliphatic carbocycles. The fourth-order valence-electron chi connectivity index (χ4n) is 1.96. The maximum absolute atomic E-state index is 12.3. The summed E-state index contributed by atoms with van der Waals surface area (Å²) in [5, 5.41) is 1.96. The number of fused-ring (bicyclic) bond motifs is 1. The average Bonchev–Trinajstić information content (AvgIpc) is 2.93. The monoisotopic (exact) mass is 280 g/mol. The Bertz CT molecular complexity index is 541. The van der Waals surface area contributed by atoms with E-state index in [1.165, 1.54) is 21.1 Å². The van der Waals surface area contributed by atoms with Gasteiger partial charge in [0.15, 0.2) is 0 Å². The smallest absolute Gasteiger partial charge is 0.203 e. The van der Waals surface area contributed by atoms with Crippen LogP contribution >= 0.6 is 34.4 Å². The molecule has 1 nitrogen and oxygen atoms in total. The minimum atomic E-state index is 0.193. The molecule has 2 aromatic rings. The second-order valence-corrected chi connectivity index (χ2v) is 7.49. The molecule has 0 unspecified atom stereocenters. The molecule has 0 aromatic carbocycles. The second kappa shape index (κ2) is 4.59. The molecule has 4 heteroatoms. The highest BCUT2D eigenvalue weighted by Crippen LogP contribution is 2.33. The Morgan fingerprint density at radius 3 is 2.94 bits per heavy atom. The van der Waals surface area contributed by atoms with Crippen molar-refractivity contribution in [2.75, 3.05) is 5.75 Å². The molecular weight excluding hydrogens is 268 g/mol. The van der Waals surface area contributed by atoms with Gasteiger partial charge in [-0.25, -0.2) is 0 Å². The number of carbonyl (C=O) groups excluding carboxylic acids is 1. The number of hydrogen-bond acceptors (Lipinski definition) is 4. The van der Waals surface area contributed by atoms with Gasteiger partial charge >= 0.3 is 0 Å². The lowest BCUT2D eigenvalue weighted by atomic mass is 10.1. The van der Waals surface area contributed by atoms with Crippen molar-refractivity contribution in [3.63, 3.8) is 0 Å². The van der Waals surface area contributed by atoms with Gasteiger partial charge in [0.05, 0.1) is 4.88 Å². The molecule has 1 aliphatic heterocycles. The number of rotatable bonds is 2. The predicted molar refractivity (Wildman–Crippen MR) is 76.7 cm³/mol. The van der Waals surface area contributed by atoms with E-state index in [1.54, 1.807) is 22.7 Å². The summed E-state index contributed by atoms with van der Waals surface area (Å²) in [6.45, 7) is 2.04. The minimum absolute atomic E-state index is 0.193. The van der Waals surface area contributed by atoms with E-state index in [0.717, 1.165) is 22.6 Å². The molecule has 2 aromatic heterocycles. The molecule has 0 N–H and O–H groups in total. The Balaban J connectivity index is 1.94. The highest BCUT2D eigenvalue weighted by Gasteiger charge is 2.18. The van der Waals surface area contributed by atoms with Crippen LogP contribution in [-0.4, -0.2) is 11.5 Å². The van der Waals surface area contributed by atoms with Crippen LogP contribution in [0, 0.1) is 6.92 Å². The number of aryl methyl sites for hydroxylation is 2. The van der Waals surface area contributed by atoms with Crippen LogP contribution in [0.15, 0.2) is 17.5 Å². The first-order valence-electron chi connectivity index (χ1n) is 5.53. The van der Waals surface area contributed by atoms with E-state index >= 15 is 0 Å². The first-order chi connectivity index (χ1) is 8.24. The first-order valence-corrected chi connectivity index (χ1v) is 8.38. The number of carbonyl (C=O) groups is 1.